The maximum absolute atomic E-state index is 12.4. The lowest BCUT2D eigenvalue weighted by Gasteiger charge is -2.36. The summed E-state index contributed by atoms with van der Waals surface area (Å²) in [4.78, 5) is 32.3. The largest absolute Gasteiger partial charge is 0.367 e. The Labute approximate surface area is 174 Å². The second-order valence-electron chi connectivity index (χ2n) is 6.58. The molecule has 1 aromatic heterocycles. The first-order valence-corrected chi connectivity index (χ1v) is 9.99. The maximum Gasteiger partial charge on any atom is 0.258 e. The van der Waals surface area contributed by atoms with E-state index in [0.29, 0.717) is 35.8 Å². The van der Waals surface area contributed by atoms with Crippen molar-refractivity contribution < 1.29 is 9.59 Å². The first kappa shape index (κ1) is 20.4. The number of nitrogens with one attached hydrogen (secondary N) is 1. The Kier molecular flexibility index (Phi) is 6.75. The minimum absolute atomic E-state index is 0.151. The summed E-state index contributed by atoms with van der Waals surface area (Å²) in [5, 5.41) is 3.48. The molecule has 2 heterocycles. The highest BCUT2D eigenvalue weighted by Gasteiger charge is 2.22. The van der Waals surface area contributed by atoms with Crippen LogP contribution in [0.2, 0.25) is 10.2 Å². The van der Waals surface area contributed by atoms with Crippen LogP contribution in [0.4, 0.5) is 11.4 Å². The number of aromatic nitrogens is 1. The maximum atomic E-state index is 12.4. The molecule has 1 aliphatic rings. The number of pyridine rings is 1. The SMILES string of the molecule is CCCC(=O)N1CCN(c2ccc(NC(=O)c3cccnc3Cl)cc2Cl)CC1. The fourth-order valence-corrected chi connectivity index (χ4v) is 3.67. The standard InChI is InChI=1S/C20H22Cl2N4O2/c1-2-4-18(27)26-11-9-25(10-12-26)17-7-6-14(13-16(17)21)24-20(28)15-5-3-8-23-19(15)22/h3,5-8,13H,2,4,9-12H2,1H3,(H,24,28). The summed E-state index contributed by atoms with van der Waals surface area (Å²) in [6.45, 7) is 4.84. The molecular weight excluding hydrogens is 399 g/mol. The Morgan fingerprint density at radius 1 is 1.14 bits per heavy atom. The lowest BCUT2D eigenvalue weighted by Crippen LogP contribution is -2.48. The topological polar surface area (TPSA) is 65.5 Å². The number of halogens is 2. The first-order valence-electron chi connectivity index (χ1n) is 9.23. The van der Waals surface area contributed by atoms with Crippen LogP contribution in [0, 0.1) is 0 Å². The number of benzene rings is 1. The van der Waals surface area contributed by atoms with Crippen molar-refractivity contribution >= 4 is 46.4 Å². The van der Waals surface area contributed by atoms with Gasteiger partial charge in [-0.05, 0) is 36.8 Å². The molecule has 2 aromatic rings. The first-order chi connectivity index (χ1) is 13.5. The Hall–Kier alpha value is -2.31. The monoisotopic (exact) mass is 420 g/mol. The quantitative estimate of drug-likeness (QED) is 0.739. The molecular formula is C20H22Cl2N4O2. The van der Waals surface area contributed by atoms with Crippen LogP contribution in [0.5, 0.6) is 0 Å². The third kappa shape index (κ3) is 4.75. The number of hydrogen-bond donors (Lipinski definition) is 1. The van der Waals surface area contributed by atoms with Gasteiger partial charge in [0.05, 0.1) is 16.3 Å². The van der Waals surface area contributed by atoms with Crippen LogP contribution in [-0.4, -0.2) is 47.9 Å². The van der Waals surface area contributed by atoms with Gasteiger partial charge in [0.15, 0.2) is 0 Å². The van der Waals surface area contributed by atoms with Gasteiger partial charge >= 0.3 is 0 Å². The molecule has 0 spiro atoms. The van der Waals surface area contributed by atoms with E-state index in [4.69, 9.17) is 23.2 Å². The van der Waals surface area contributed by atoms with Crippen molar-refractivity contribution in [1.29, 1.82) is 0 Å². The van der Waals surface area contributed by atoms with Crippen LogP contribution in [0.25, 0.3) is 0 Å². The van der Waals surface area contributed by atoms with E-state index in [1.54, 1.807) is 24.3 Å². The molecule has 6 nitrogen and oxygen atoms in total. The number of rotatable bonds is 5. The number of hydrogen-bond acceptors (Lipinski definition) is 4. The van der Waals surface area contributed by atoms with Crippen LogP contribution in [0.1, 0.15) is 30.1 Å². The second kappa shape index (κ2) is 9.26. The Morgan fingerprint density at radius 2 is 1.89 bits per heavy atom. The summed E-state index contributed by atoms with van der Waals surface area (Å²) < 4.78 is 0. The predicted molar refractivity (Wildman–Crippen MR) is 112 cm³/mol. The molecule has 1 N–H and O–H groups in total. The molecule has 148 valence electrons. The van der Waals surface area contributed by atoms with Gasteiger partial charge in [-0.15, -0.1) is 0 Å². The second-order valence-corrected chi connectivity index (χ2v) is 7.35. The number of carbonyl (C=O) groups excluding carboxylic acids is 2. The molecule has 0 bridgehead atoms. The molecule has 1 aliphatic heterocycles. The zero-order chi connectivity index (χ0) is 20.1. The van der Waals surface area contributed by atoms with E-state index in [-0.39, 0.29) is 17.0 Å². The van der Waals surface area contributed by atoms with E-state index in [9.17, 15) is 9.59 Å². The van der Waals surface area contributed by atoms with Gasteiger partial charge in [-0.1, -0.05) is 30.1 Å². The normalized spacial score (nSPS) is 14.1. The van der Waals surface area contributed by atoms with Crippen LogP contribution < -0.4 is 10.2 Å². The predicted octanol–water partition coefficient (Wildman–Crippen LogP) is 4.09. The van der Waals surface area contributed by atoms with E-state index in [1.165, 1.54) is 6.20 Å². The molecule has 0 unspecified atom stereocenters. The highest BCUT2D eigenvalue weighted by molar-refractivity contribution is 6.34. The summed E-state index contributed by atoms with van der Waals surface area (Å²) >= 11 is 12.4. The number of carbonyl (C=O) groups is 2. The van der Waals surface area contributed by atoms with E-state index in [2.05, 4.69) is 15.2 Å². The molecule has 8 heteroatoms. The van der Waals surface area contributed by atoms with Crippen LogP contribution in [0.15, 0.2) is 36.5 Å². The summed E-state index contributed by atoms with van der Waals surface area (Å²) in [5.74, 6) is -0.134. The number of piperazine rings is 1. The van der Waals surface area contributed by atoms with Crippen molar-refractivity contribution in [2.75, 3.05) is 36.4 Å². The van der Waals surface area contributed by atoms with E-state index < -0.39 is 0 Å². The van der Waals surface area contributed by atoms with Crippen molar-refractivity contribution in [2.45, 2.75) is 19.8 Å². The van der Waals surface area contributed by atoms with Gasteiger partial charge in [0.1, 0.15) is 5.15 Å². The molecule has 1 fully saturated rings. The zero-order valence-corrected chi connectivity index (χ0v) is 17.1. The zero-order valence-electron chi connectivity index (χ0n) is 15.6. The van der Waals surface area contributed by atoms with Gasteiger partial charge in [0.2, 0.25) is 5.91 Å². The molecule has 1 saturated heterocycles. The van der Waals surface area contributed by atoms with Crippen LogP contribution in [0.3, 0.4) is 0 Å². The third-order valence-corrected chi connectivity index (χ3v) is 5.25. The highest BCUT2D eigenvalue weighted by atomic mass is 35.5. The molecule has 28 heavy (non-hydrogen) atoms. The van der Waals surface area contributed by atoms with Crippen LogP contribution in [-0.2, 0) is 4.79 Å². The van der Waals surface area contributed by atoms with Gasteiger partial charge in [0.25, 0.3) is 5.91 Å². The van der Waals surface area contributed by atoms with Gasteiger partial charge < -0.3 is 15.1 Å². The lowest BCUT2D eigenvalue weighted by atomic mass is 10.2. The molecule has 1 aromatic carbocycles. The summed E-state index contributed by atoms with van der Waals surface area (Å²) in [5.41, 5.74) is 1.77. The molecule has 2 amide bonds. The summed E-state index contributed by atoms with van der Waals surface area (Å²) in [7, 11) is 0. The van der Waals surface area contributed by atoms with Crippen molar-refractivity contribution in [1.82, 2.24) is 9.88 Å². The van der Waals surface area contributed by atoms with Crippen molar-refractivity contribution in [2.24, 2.45) is 0 Å². The average Bonchev–Trinajstić information content (AvgIpc) is 2.69. The number of nitrogens with zero attached hydrogens (tertiary/aromatic N) is 3. The minimum Gasteiger partial charge on any atom is -0.367 e. The lowest BCUT2D eigenvalue weighted by molar-refractivity contribution is -0.131. The van der Waals surface area contributed by atoms with Crippen LogP contribution >= 0.6 is 23.2 Å². The smallest absolute Gasteiger partial charge is 0.258 e. The van der Waals surface area contributed by atoms with Gasteiger partial charge in [-0.3, -0.25) is 9.59 Å². The molecule has 0 aliphatic carbocycles. The van der Waals surface area contributed by atoms with Crippen molar-refractivity contribution in [3.8, 4) is 0 Å². The summed E-state index contributed by atoms with van der Waals surface area (Å²) in [6, 6.07) is 8.67. The molecule has 0 atom stereocenters. The van der Waals surface area contributed by atoms with E-state index >= 15 is 0 Å². The average molecular weight is 421 g/mol. The molecule has 0 saturated carbocycles. The Bertz CT molecular complexity index is 867. The summed E-state index contributed by atoms with van der Waals surface area (Å²) in [6.07, 6.45) is 2.98. The van der Waals surface area contributed by atoms with Gasteiger partial charge in [0, 0.05) is 44.5 Å². The van der Waals surface area contributed by atoms with Gasteiger partial charge in [-0.25, -0.2) is 4.98 Å². The van der Waals surface area contributed by atoms with E-state index in [0.717, 1.165) is 25.2 Å². The fraction of sp³-hybridized carbons (Fsp3) is 0.350. The fourth-order valence-electron chi connectivity index (χ4n) is 3.16. The molecule has 0 radical (unpaired) electrons. The minimum atomic E-state index is -0.343. The van der Waals surface area contributed by atoms with Crippen molar-refractivity contribution in [3.63, 3.8) is 0 Å². The van der Waals surface area contributed by atoms with Gasteiger partial charge in [-0.2, -0.15) is 0 Å². The van der Waals surface area contributed by atoms with Crippen molar-refractivity contribution in [3.05, 3.63) is 52.3 Å². The number of amides is 2. The van der Waals surface area contributed by atoms with E-state index in [1.807, 2.05) is 17.9 Å². The Balaban J connectivity index is 1.64. The third-order valence-electron chi connectivity index (χ3n) is 4.65. The number of anilines is 2. The highest BCUT2D eigenvalue weighted by Crippen LogP contribution is 2.30. The Morgan fingerprint density at radius 3 is 2.54 bits per heavy atom. The molecule has 3 rings (SSSR count).